The van der Waals surface area contributed by atoms with Crippen molar-refractivity contribution in [1.29, 1.82) is 0 Å². The smallest absolute Gasteiger partial charge is 0.254 e. The minimum absolute atomic E-state index is 0.165. The van der Waals surface area contributed by atoms with Gasteiger partial charge in [0.1, 0.15) is 0 Å². The topological polar surface area (TPSA) is 86.3 Å². The number of methoxy groups -OCH3 is 4. The quantitative estimate of drug-likeness (QED) is 0.468. The fraction of sp³-hybridized carbons (Fsp3) is 0.333. The third-order valence-corrected chi connectivity index (χ3v) is 7.40. The van der Waals surface area contributed by atoms with Crippen LogP contribution in [0.25, 0.3) is 0 Å². The van der Waals surface area contributed by atoms with Crippen molar-refractivity contribution in [3.63, 3.8) is 0 Å². The van der Waals surface area contributed by atoms with Gasteiger partial charge >= 0.3 is 0 Å². The Morgan fingerprint density at radius 3 is 2.25 bits per heavy atom. The van der Waals surface area contributed by atoms with E-state index in [9.17, 15) is 9.59 Å². The molecule has 190 valence electrons. The molecule has 2 unspecified atom stereocenters. The van der Waals surface area contributed by atoms with Crippen LogP contribution in [0, 0.1) is 0 Å². The summed E-state index contributed by atoms with van der Waals surface area (Å²) in [5.74, 6) is 1.26. The summed E-state index contributed by atoms with van der Waals surface area (Å²) in [6.07, 6.45) is 0.607. The van der Waals surface area contributed by atoms with Crippen molar-refractivity contribution in [3.8, 4) is 23.0 Å². The number of nitrogens with one attached hydrogen (secondary N) is 1. The fourth-order valence-electron chi connectivity index (χ4n) is 4.62. The molecule has 0 fully saturated rings. The summed E-state index contributed by atoms with van der Waals surface area (Å²) in [5.41, 5.74) is 2.06. The lowest BCUT2D eigenvalue weighted by atomic mass is 9.81. The maximum atomic E-state index is 13.7. The molecule has 4 rings (SSSR count). The van der Waals surface area contributed by atoms with Crippen LogP contribution >= 0.6 is 11.3 Å². The molecule has 1 N–H and O–H groups in total. The van der Waals surface area contributed by atoms with Crippen molar-refractivity contribution in [3.05, 3.63) is 69.4 Å². The van der Waals surface area contributed by atoms with E-state index in [1.807, 2.05) is 35.7 Å². The SMILES string of the molecule is COc1ccc(CCNC(=O)C2c3cc(OC)c(OC)cc3C(=O)N(C)C2c2cccs2)cc1OC. The molecule has 9 heteroatoms. The van der Waals surface area contributed by atoms with Gasteiger partial charge in [0.25, 0.3) is 5.91 Å². The number of rotatable bonds is 9. The Labute approximate surface area is 214 Å². The highest BCUT2D eigenvalue weighted by molar-refractivity contribution is 7.10. The van der Waals surface area contributed by atoms with Crippen LogP contribution in [0.1, 0.15) is 38.3 Å². The monoisotopic (exact) mass is 510 g/mol. The summed E-state index contributed by atoms with van der Waals surface area (Å²) in [4.78, 5) is 29.6. The van der Waals surface area contributed by atoms with Gasteiger partial charge in [-0.1, -0.05) is 12.1 Å². The number of hydrogen-bond donors (Lipinski definition) is 1. The lowest BCUT2D eigenvalue weighted by Gasteiger charge is -2.39. The zero-order valence-corrected chi connectivity index (χ0v) is 21.8. The number of hydrogen-bond acceptors (Lipinski definition) is 7. The van der Waals surface area contributed by atoms with Crippen molar-refractivity contribution >= 4 is 23.2 Å². The summed E-state index contributed by atoms with van der Waals surface area (Å²) in [7, 11) is 7.98. The summed E-state index contributed by atoms with van der Waals surface area (Å²) < 4.78 is 21.6. The molecule has 0 saturated carbocycles. The fourth-order valence-corrected chi connectivity index (χ4v) is 5.53. The highest BCUT2D eigenvalue weighted by Gasteiger charge is 2.44. The molecule has 1 aromatic heterocycles. The lowest BCUT2D eigenvalue weighted by Crippen LogP contribution is -2.45. The van der Waals surface area contributed by atoms with Gasteiger partial charge in [-0.15, -0.1) is 11.3 Å². The van der Waals surface area contributed by atoms with Crippen LogP contribution in [-0.4, -0.2) is 58.7 Å². The van der Waals surface area contributed by atoms with Crippen LogP contribution in [0.3, 0.4) is 0 Å². The van der Waals surface area contributed by atoms with E-state index in [1.54, 1.807) is 38.3 Å². The van der Waals surface area contributed by atoms with Gasteiger partial charge in [0.05, 0.1) is 40.4 Å². The summed E-state index contributed by atoms with van der Waals surface area (Å²) in [5, 5.41) is 5.03. The number of thiophene rings is 1. The van der Waals surface area contributed by atoms with Crippen LogP contribution in [0.2, 0.25) is 0 Å². The molecule has 3 aromatic rings. The third-order valence-electron chi connectivity index (χ3n) is 6.45. The number of ether oxygens (including phenoxy) is 4. The predicted octanol–water partition coefficient (Wildman–Crippen LogP) is 4.05. The van der Waals surface area contributed by atoms with Crippen molar-refractivity contribution in [2.45, 2.75) is 18.4 Å². The highest BCUT2D eigenvalue weighted by Crippen LogP contribution is 2.46. The Bertz CT molecular complexity index is 1240. The summed E-state index contributed by atoms with van der Waals surface area (Å²) >= 11 is 1.52. The van der Waals surface area contributed by atoms with Gasteiger partial charge in [0.15, 0.2) is 23.0 Å². The van der Waals surface area contributed by atoms with Crippen LogP contribution in [0.4, 0.5) is 0 Å². The number of carbonyl (C=O) groups excluding carboxylic acids is 2. The molecule has 0 bridgehead atoms. The third kappa shape index (κ3) is 4.70. The second-order valence-electron chi connectivity index (χ2n) is 8.38. The van der Waals surface area contributed by atoms with E-state index < -0.39 is 12.0 Å². The average Bonchev–Trinajstić information content (AvgIpc) is 3.44. The first-order chi connectivity index (χ1) is 17.4. The van der Waals surface area contributed by atoms with Gasteiger partial charge in [0, 0.05) is 24.0 Å². The molecular formula is C27H30N2O6S. The average molecular weight is 511 g/mol. The number of fused-ring (bicyclic) bond motifs is 1. The molecule has 0 aliphatic carbocycles. The first-order valence-electron chi connectivity index (χ1n) is 11.5. The summed E-state index contributed by atoms with van der Waals surface area (Å²) in [6.45, 7) is 0.419. The van der Waals surface area contributed by atoms with Crippen molar-refractivity contribution in [2.75, 3.05) is 42.0 Å². The van der Waals surface area contributed by atoms with E-state index in [0.29, 0.717) is 47.1 Å². The summed E-state index contributed by atoms with van der Waals surface area (Å²) in [6, 6.07) is 12.5. The Morgan fingerprint density at radius 2 is 1.61 bits per heavy atom. The number of benzene rings is 2. The number of likely N-dealkylation sites (N-methyl/N-ethyl adjacent to an activating group) is 1. The van der Waals surface area contributed by atoms with Crippen LogP contribution < -0.4 is 24.3 Å². The van der Waals surface area contributed by atoms with E-state index in [4.69, 9.17) is 18.9 Å². The molecule has 1 aliphatic heterocycles. The van der Waals surface area contributed by atoms with Gasteiger partial charge in [-0.2, -0.15) is 0 Å². The molecule has 2 atom stereocenters. The number of nitrogens with zero attached hydrogens (tertiary/aromatic N) is 1. The minimum Gasteiger partial charge on any atom is -0.493 e. The van der Waals surface area contributed by atoms with E-state index in [1.165, 1.54) is 25.6 Å². The van der Waals surface area contributed by atoms with Crippen LogP contribution in [0.5, 0.6) is 23.0 Å². The molecule has 36 heavy (non-hydrogen) atoms. The highest BCUT2D eigenvalue weighted by atomic mass is 32.1. The Balaban J connectivity index is 1.64. The second kappa shape index (κ2) is 10.9. The first-order valence-corrected chi connectivity index (χ1v) is 12.4. The van der Waals surface area contributed by atoms with Crippen molar-refractivity contribution in [2.24, 2.45) is 0 Å². The van der Waals surface area contributed by atoms with Crippen LogP contribution in [-0.2, 0) is 11.2 Å². The normalized spacial score (nSPS) is 16.8. The maximum absolute atomic E-state index is 13.7. The molecule has 8 nitrogen and oxygen atoms in total. The zero-order valence-electron chi connectivity index (χ0n) is 21.0. The molecule has 0 saturated heterocycles. The van der Waals surface area contributed by atoms with Gasteiger partial charge < -0.3 is 29.2 Å². The van der Waals surface area contributed by atoms with Crippen molar-refractivity contribution in [1.82, 2.24) is 10.2 Å². The number of carbonyl (C=O) groups is 2. The van der Waals surface area contributed by atoms with Crippen molar-refractivity contribution < 1.29 is 28.5 Å². The largest absolute Gasteiger partial charge is 0.493 e. The van der Waals surface area contributed by atoms with Gasteiger partial charge in [-0.05, 0) is 53.3 Å². The predicted molar refractivity (Wildman–Crippen MR) is 138 cm³/mol. The van der Waals surface area contributed by atoms with E-state index in [0.717, 1.165) is 10.4 Å². The number of amides is 2. The molecule has 0 radical (unpaired) electrons. The molecule has 2 heterocycles. The van der Waals surface area contributed by atoms with Gasteiger partial charge in [0.2, 0.25) is 5.91 Å². The Hall–Kier alpha value is -3.72. The van der Waals surface area contributed by atoms with Crippen LogP contribution in [0.15, 0.2) is 47.8 Å². The van der Waals surface area contributed by atoms with Gasteiger partial charge in [-0.3, -0.25) is 9.59 Å². The molecule has 0 spiro atoms. The molecular weight excluding hydrogens is 480 g/mol. The van der Waals surface area contributed by atoms with E-state index in [2.05, 4.69) is 5.32 Å². The first kappa shape index (κ1) is 25.4. The second-order valence-corrected chi connectivity index (χ2v) is 9.36. The zero-order chi connectivity index (χ0) is 25.8. The van der Waals surface area contributed by atoms with E-state index in [-0.39, 0.29) is 11.8 Å². The molecule has 1 aliphatic rings. The molecule has 2 aromatic carbocycles. The Kier molecular flexibility index (Phi) is 7.69. The Morgan fingerprint density at radius 1 is 0.944 bits per heavy atom. The standard InChI is InChI=1S/C27H30N2O6S/c1-29-25(23-7-6-12-36-23)24(17-14-21(34-4)22(35-5)15-18(17)27(29)31)26(30)28-11-10-16-8-9-19(32-2)20(13-16)33-3/h6-9,12-15,24-25H,10-11H2,1-5H3,(H,28,30). The molecule has 2 amide bonds. The lowest BCUT2D eigenvalue weighted by molar-refractivity contribution is -0.124. The van der Waals surface area contributed by atoms with E-state index >= 15 is 0 Å². The van der Waals surface area contributed by atoms with Gasteiger partial charge in [-0.25, -0.2) is 0 Å². The maximum Gasteiger partial charge on any atom is 0.254 e. The minimum atomic E-state index is -0.619.